The van der Waals surface area contributed by atoms with Crippen molar-refractivity contribution in [3.05, 3.63) is 52.9 Å². The van der Waals surface area contributed by atoms with E-state index in [1.165, 1.54) is 12.1 Å². The molecule has 28 heavy (non-hydrogen) atoms. The molecule has 1 aromatic carbocycles. The predicted octanol–water partition coefficient (Wildman–Crippen LogP) is 2.81. The van der Waals surface area contributed by atoms with Gasteiger partial charge in [-0.3, -0.25) is 9.59 Å². The van der Waals surface area contributed by atoms with Gasteiger partial charge >= 0.3 is 0 Å². The Morgan fingerprint density at radius 2 is 1.89 bits per heavy atom. The Bertz CT molecular complexity index is 841. The standard InChI is InChI=1S/C21H27FN4O2/c1-3-25(4-2)21(28)19-24-18(17-7-5-6-14-26(17)19)20(27)23-13-12-15-8-10-16(22)11-9-15/h8-11H,3-7,12-14H2,1-2H3,(H,23,27). The van der Waals surface area contributed by atoms with E-state index in [1.54, 1.807) is 17.0 Å². The molecule has 150 valence electrons. The van der Waals surface area contributed by atoms with Crippen molar-refractivity contribution in [1.29, 1.82) is 0 Å². The van der Waals surface area contributed by atoms with Crippen LogP contribution in [-0.2, 0) is 19.4 Å². The number of fused-ring (bicyclic) bond motifs is 1. The molecule has 1 aliphatic rings. The molecule has 0 fully saturated rings. The molecule has 0 atom stereocenters. The van der Waals surface area contributed by atoms with Crippen molar-refractivity contribution in [2.45, 2.75) is 46.1 Å². The molecule has 2 amide bonds. The van der Waals surface area contributed by atoms with Gasteiger partial charge in [0.05, 0.1) is 5.69 Å². The van der Waals surface area contributed by atoms with Crippen molar-refractivity contribution in [1.82, 2.24) is 19.8 Å². The van der Waals surface area contributed by atoms with Crippen molar-refractivity contribution in [2.75, 3.05) is 19.6 Å². The number of aromatic nitrogens is 2. The number of imidazole rings is 1. The molecule has 0 saturated heterocycles. The van der Waals surface area contributed by atoms with Gasteiger partial charge in [0.15, 0.2) is 5.82 Å². The van der Waals surface area contributed by atoms with Crippen LogP contribution in [0.2, 0.25) is 0 Å². The number of hydrogen-bond donors (Lipinski definition) is 1. The average molecular weight is 386 g/mol. The molecule has 2 heterocycles. The summed E-state index contributed by atoms with van der Waals surface area (Å²) in [7, 11) is 0. The van der Waals surface area contributed by atoms with Crippen LogP contribution in [0, 0.1) is 5.82 Å². The summed E-state index contributed by atoms with van der Waals surface area (Å²) in [5, 5.41) is 2.89. The van der Waals surface area contributed by atoms with E-state index in [4.69, 9.17) is 0 Å². The predicted molar refractivity (Wildman–Crippen MR) is 105 cm³/mol. The Balaban J connectivity index is 1.74. The van der Waals surface area contributed by atoms with Crippen LogP contribution in [0.5, 0.6) is 0 Å². The maximum absolute atomic E-state index is 13.0. The van der Waals surface area contributed by atoms with Crippen LogP contribution in [0.25, 0.3) is 0 Å². The highest BCUT2D eigenvalue weighted by Gasteiger charge is 2.28. The Morgan fingerprint density at radius 1 is 1.18 bits per heavy atom. The molecule has 2 aromatic rings. The highest BCUT2D eigenvalue weighted by molar-refractivity contribution is 5.97. The van der Waals surface area contributed by atoms with Crippen molar-refractivity contribution in [2.24, 2.45) is 0 Å². The molecule has 1 N–H and O–H groups in total. The van der Waals surface area contributed by atoms with Crippen molar-refractivity contribution < 1.29 is 14.0 Å². The number of amides is 2. The molecule has 0 bridgehead atoms. The van der Waals surface area contributed by atoms with E-state index < -0.39 is 0 Å². The summed E-state index contributed by atoms with van der Waals surface area (Å²) < 4.78 is 14.9. The highest BCUT2D eigenvalue weighted by Crippen LogP contribution is 2.22. The quantitative estimate of drug-likeness (QED) is 0.796. The zero-order valence-electron chi connectivity index (χ0n) is 16.5. The third-order valence-electron chi connectivity index (χ3n) is 5.19. The number of rotatable bonds is 7. The second-order valence-corrected chi connectivity index (χ2v) is 6.95. The SMILES string of the molecule is CCN(CC)C(=O)c1nc(C(=O)NCCc2ccc(F)cc2)c2n1CCCC2. The summed E-state index contributed by atoms with van der Waals surface area (Å²) in [5.41, 5.74) is 2.15. The van der Waals surface area contributed by atoms with Gasteiger partial charge in [-0.05, 0) is 57.2 Å². The first-order chi connectivity index (χ1) is 13.5. The lowest BCUT2D eigenvalue weighted by Gasteiger charge is -2.21. The monoisotopic (exact) mass is 386 g/mol. The Morgan fingerprint density at radius 3 is 2.57 bits per heavy atom. The van der Waals surface area contributed by atoms with Crippen molar-refractivity contribution >= 4 is 11.8 Å². The molecule has 0 aliphatic carbocycles. The van der Waals surface area contributed by atoms with E-state index >= 15 is 0 Å². The van der Waals surface area contributed by atoms with Crippen LogP contribution in [0.15, 0.2) is 24.3 Å². The normalized spacial score (nSPS) is 13.1. The minimum absolute atomic E-state index is 0.126. The van der Waals surface area contributed by atoms with Gasteiger partial charge in [0, 0.05) is 26.2 Å². The summed E-state index contributed by atoms with van der Waals surface area (Å²) in [4.78, 5) is 31.7. The summed E-state index contributed by atoms with van der Waals surface area (Å²) in [6, 6.07) is 6.24. The zero-order chi connectivity index (χ0) is 20.1. The molecule has 3 rings (SSSR count). The Labute approximate surface area is 164 Å². The fraction of sp³-hybridized carbons (Fsp3) is 0.476. The van der Waals surface area contributed by atoms with Gasteiger partial charge in [-0.25, -0.2) is 9.37 Å². The number of nitrogens with one attached hydrogen (secondary N) is 1. The maximum atomic E-state index is 13.0. The first-order valence-electron chi connectivity index (χ1n) is 9.96. The van der Waals surface area contributed by atoms with Crippen molar-refractivity contribution in [3.8, 4) is 0 Å². The lowest BCUT2D eigenvalue weighted by atomic mass is 10.1. The van der Waals surface area contributed by atoms with E-state index in [1.807, 2.05) is 18.4 Å². The van der Waals surface area contributed by atoms with Crippen LogP contribution >= 0.6 is 0 Å². The minimum atomic E-state index is -0.275. The number of benzene rings is 1. The molecule has 0 radical (unpaired) electrons. The molecule has 1 aromatic heterocycles. The van der Waals surface area contributed by atoms with Gasteiger partial charge in [0.2, 0.25) is 0 Å². The average Bonchev–Trinajstić information content (AvgIpc) is 3.10. The lowest BCUT2D eigenvalue weighted by Crippen LogP contribution is -2.33. The smallest absolute Gasteiger partial charge is 0.289 e. The first-order valence-corrected chi connectivity index (χ1v) is 9.96. The van der Waals surface area contributed by atoms with Gasteiger partial charge in [0.25, 0.3) is 11.8 Å². The van der Waals surface area contributed by atoms with Gasteiger partial charge in [-0.1, -0.05) is 12.1 Å². The zero-order valence-corrected chi connectivity index (χ0v) is 16.5. The fourth-order valence-electron chi connectivity index (χ4n) is 3.60. The molecule has 1 aliphatic heterocycles. The number of halogens is 1. The minimum Gasteiger partial charge on any atom is -0.350 e. The van der Waals surface area contributed by atoms with Crippen LogP contribution < -0.4 is 5.32 Å². The van der Waals surface area contributed by atoms with Crippen LogP contribution in [-0.4, -0.2) is 45.9 Å². The van der Waals surface area contributed by atoms with Gasteiger partial charge in [-0.2, -0.15) is 0 Å². The van der Waals surface area contributed by atoms with Crippen LogP contribution in [0.1, 0.15) is 59.1 Å². The van der Waals surface area contributed by atoms with Gasteiger partial charge in [-0.15, -0.1) is 0 Å². The van der Waals surface area contributed by atoms with Crippen LogP contribution in [0.3, 0.4) is 0 Å². The number of hydrogen-bond acceptors (Lipinski definition) is 3. The molecular weight excluding hydrogens is 359 g/mol. The number of carbonyl (C=O) groups is 2. The first kappa shape index (κ1) is 20.0. The lowest BCUT2D eigenvalue weighted by molar-refractivity contribution is 0.0754. The third kappa shape index (κ3) is 4.24. The fourth-order valence-corrected chi connectivity index (χ4v) is 3.60. The summed E-state index contributed by atoms with van der Waals surface area (Å²) in [5.74, 6) is -0.297. The highest BCUT2D eigenvalue weighted by atomic mass is 19.1. The maximum Gasteiger partial charge on any atom is 0.289 e. The largest absolute Gasteiger partial charge is 0.350 e. The Kier molecular flexibility index (Phi) is 6.44. The van der Waals surface area contributed by atoms with Crippen molar-refractivity contribution in [3.63, 3.8) is 0 Å². The second-order valence-electron chi connectivity index (χ2n) is 6.95. The number of carbonyl (C=O) groups excluding carboxylic acids is 2. The third-order valence-corrected chi connectivity index (χ3v) is 5.19. The van der Waals surface area contributed by atoms with Gasteiger partial charge in [0.1, 0.15) is 11.5 Å². The Hall–Kier alpha value is -2.70. The summed E-state index contributed by atoms with van der Waals surface area (Å²) in [6.45, 7) is 6.23. The topological polar surface area (TPSA) is 67.2 Å². The van der Waals surface area contributed by atoms with E-state index in [-0.39, 0.29) is 17.6 Å². The molecule has 0 unspecified atom stereocenters. The molecular formula is C21H27FN4O2. The second kappa shape index (κ2) is 8.99. The molecule has 0 saturated carbocycles. The van der Waals surface area contributed by atoms with E-state index in [0.29, 0.717) is 44.1 Å². The number of nitrogens with zero attached hydrogens (tertiary/aromatic N) is 3. The molecule has 7 heteroatoms. The summed E-state index contributed by atoms with van der Waals surface area (Å²) in [6.07, 6.45) is 3.32. The molecule has 6 nitrogen and oxygen atoms in total. The van der Waals surface area contributed by atoms with Crippen LogP contribution in [0.4, 0.5) is 4.39 Å². The molecule has 0 spiro atoms. The van der Waals surface area contributed by atoms with E-state index in [9.17, 15) is 14.0 Å². The van der Waals surface area contributed by atoms with Gasteiger partial charge < -0.3 is 14.8 Å². The van der Waals surface area contributed by atoms with E-state index in [0.717, 1.165) is 30.5 Å². The summed E-state index contributed by atoms with van der Waals surface area (Å²) >= 11 is 0. The van der Waals surface area contributed by atoms with E-state index in [2.05, 4.69) is 10.3 Å².